The van der Waals surface area contributed by atoms with Gasteiger partial charge in [-0.3, -0.25) is 4.79 Å². The van der Waals surface area contributed by atoms with Gasteiger partial charge in [0.25, 0.3) is 0 Å². The van der Waals surface area contributed by atoms with Gasteiger partial charge in [0.1, 0.15) is 17.3 Å². The molecule has 4 rings (SSSR count). The predicted octanol–water partition coefficient (Wildman–Crippen LogP) is 6.30. The van der Waals surface area contributed by atoms with Crippen molar-refractivity contribution >= 4 is 5.97 Å². The number of rotatable bonds is 10. The fourth-order valence-electron chi connectivity index (χ4n) is 3.89. The Hall–Kier alpha value is -3.93. The van der Waals surface area contributed by atoms with Crippen molar-refractivity contribution in [2.24, 2.45) is 0 Å². The summed E-state index contributed by atoms with van der Waals surface area (Å²) in [6.45, 7) is 4.39. The molecule has 1 atom stereocenters. The molecular formula is C29H28FNO4. The first-order valence-corrected chi connectivity index (χ1v) is 11.7. The Kier molecular flexibility index (Phi) is 7.93. The number of carbonyl (C=O) groups is 1. The summed E-state index contributed by atoms with van der Waals surface area (Å²) in [5.74, 6) is 0.792. The third-order valence-electron chi connectivity index (χ3n) is 5.71. The summed E-state index contributed by atoms with van der Waals surface area (Å²) in [6, 6.07) is 23.5. The Labute approximate surface area is 204 Å². The van der Waals surface area contributed by atoms with E-state index in [4.69, 9.17) is 13.9 Å². The largest absolute Gasteiger partial charge is 0.493 e. The number of benzene rings is 3. The minimum Gasteiger partial charge on any atom is -0.493 e. The van der Waals surface area contributed by atoms with Crippen molar-refractivity contribution in [2.75, 3.05) is 13.2 Å². The second kappa shape index (κ2) is 11.5. The molecule has 0 aliphatic rings. The molecule has 35 heavy (non-hydrogen) atoms. The van der Waals surface area contributed by atoms with Crippen molar-refractivity contribution in [3.05, 3.63) is 107 Å². The van der Waals surface area contributed by atoms with E-state index in [1.165, 1.54) is 12.1 Å². The van der Waals surface area contributed by atoms with E-state index in [0.29, 0.717) is 30.9 Å². The van der Waals surface area contributed by atoms with E-state index in [1.807, 2.05) is 61.5 Å². The van der Waals surface area contributed by atoms with Crippen molar-refractivity contribution in [1.29, 1.82) is 0 Å². The molecule has 180 valence electrons. The molecule has 0 bridgehead atoms. The van der Waals surface area contributed by atoms with Crippen LogP contribution in [0.1, 0.15) is 35.4 Å². The van der Waals surface area contributed by atoms with E-state index < -0.39 is 5.92 Å². The highest BCUT2D eigenvalue weighted by molar-refractivity contribution is 5.78. The van der Waals surface area contributed by atoms with Gasteiger partial charge in [-0.25, -0.2) is 9.37 Å². The van der Waals surface area contributed by atoms with Gasteiger partial charge in [-0.15, -0.1) is 0 Å². The number of ether oxygens (including phenoxy) is 2. The van der Waals surface area contributed by atoms with Crippen LogP contribution in [0.4, 0.5) is 4.39 Å². The standard InChI is InChI=1S/C29H28FNO4/c1-3-33-29(32)26(23-10-7-11-24(30)19-23)18-21-12-14-25(15-13-21)34-17-16-27-20(2)35-28(31-27)22-8-5-4-6-9-22/h4-15,19,26H,3,16-18H2,1-2H3. The number of nitrogens with zero attached hydrogens (tertiary/aromatic N) is 1. The lowest BCUT2D eigenvalue weighted by molar-refractivity contribution is -0.144. The molecule has 0 amide bonds. The van der Waals surface area contributed by atoms with Crippen molar-refractivity contribution in [2.45, 2.75) is 32.6 Å². The number of halogens is 1. The number of aryl methyl sites for hydroxylation is 1. The van der Waals surface area contributed by atoms with Crippen LogP contribution in [0.2, 0.25) is 0 Å². The Morgan fingerprint density at radius 2 is 1.80 bits per heavy atom. The molecule has 3 aromatic carbocycles. The molecule has 1 unspecified atom stereocenters. The van der Waals surface area contributed by atoms with Gasteiger partial charge in [-0.2, -0.15) is 0 Å². The minimum atomic E-state index is -0.577. The number of hydrogen-bond donors (Lipinski definition) is 0. The maximum atomic E-state index is 13.7. The van der Waals surface area contributed by atoms with Gasteiger partial charge in [-0.05, 0) is 67.8 Å². The molecular weight excluding hydrogens is 445 g/mol. The second-order valence-corrected chi connectivity index (χ2v) is 8.19. The molecule has 5 nitrogen and oxygen atoms in total. The molecule has 4 aromatic rings. The van der Waals surface area contributed by atoms with Crippen LogP contribution in [-0.4, -0.2) is 24.2 Å². The first kappa shape index (κ1) is 24.2. The monoisotopic (exact) mass is 473 g/mol. The SMILES string of the molecule is CCOC(=O)C(Cc1ccc(OCCc2nc(-c3ccccc3)oc2C)cc1)c1cccc(F)c1. The Balaban J connectivity index is 1.36. The number of carbonyl (C=O) groups excluding carboxylic acids is 1. The lowest BCUT2D eigenvalue weighted by Crippen LogP contribution is -2.18. The molecule has 0 radical (unpaired) electrons. The summed E-state index contributed by atoms with van der Waals surface area (Å²) in [5.41, 5.74) is 3.34. The molecule has 0 saturated carbocycles. The van der Waals surface area contributed by atoms with Crippen molar-refractivity contribution < 1.29 is 23.1 Å². The quantitative estimate of drug-likeness (QED) is 0.253. The Morgan fingerprint density at radius 1 is 1.03 bits per heavy atom. The molecule has 1 heterocycles. The normalized spacial score (nSPS) is 11.7. The van der Waals surface area contributed by atoms with E-state index in [2.05, 4.69) is 4.98 Å². The van der Waals surface area contributed by atoms with Gasteiger partial charge < -0.3 is 13.9 Å². The van der Waals surface area contributed by atoms with Crippen LogP contribution in [0.3, 0.4) is 0 Å². The lowest BCUT2D eigenvalue weighted by Gasteiger charge is -2.16. The first-order chi connectivity index (χ1) is 17.0. The smallest absolute Gasteiger partial charge is 0.313 e. The Morgan fingerprint density at radius 3 is 2.51 bits per heavy atom. The maximum Gasteiger partial charge on any atom is 0.313 e. The molecule has 0 N–H and O–H groups in total. The fourth-order valence-corrected chi connectivity index (χ4v) is 3.89. The third kappa shape index (κ3) is 6.35. The zero-order valence-electron chi connectivity index (χ0n) is 19.9. The highest BCUT2D eigenvalue weighted by Gasteiger charge is 2.23. The average Bonchev–Trinajstić information content (AvgIpc) is 3.24. The molecule has 0 spiro atoms. The molecule has 0 aliphatic carbocycles. The lowest BCUT2D eigenvalue weighted by atomic mass is 9.92. The number of esters is 1. The molecule has 0 saturated heterocycles. The summed E-state index contributed by atoms with van der Waals surface area (Å²) < 4.78 is 30.7. The topological polar surface area (TPSA) is 61.6 Å². The summed E-state index contributed by atoms with van der Waals surface area (Å²) in [4.78, 5) is 17.1. The van der Waals surface area contributed by atoms with Crippen LogP contribution in [0.25, 0.3) is 11.5 Å². The van der Waals surface area contributed by atoms with Crippen LogP contribution in [0.15, 0.2) is 83.3 Å². The fraction of sp³-hybridized carbons (Fsp3) is 0.241. The number of hydrogen-bond acceptors (Lipinski definition) is 5. The summed E-state index contributed by atoms with van der Waals surface area (Å²) in [5, 5.41) is 0. The zero-order valence-corrected chi connectivity index (χ0v) is 19.9. The van der Waals surface area contributed by atoms with Gasteiger partial charge in [0.2, 0.25) is 5.89 Å². The highest BCUT2D eigenvalue weighted by atomic mass is 19.1. The van der Waals surface area contributed by atoms with Crippen molar-refractivity contribution in [3.63, 3.8) is 0 Å². The summed E-state index contributed by atoms with van der Waals surface area (Å²) in [7, 11) is 0. The molecule has 0 aliphatic heterocycles. The predicted molar refractivity (Wildman–Crippen MR) is 132 cm³/mol. The van der Waals surface area contributed by atoms with E-state index in [1.54, 1.807) is 19.1 Å². The summed E-state index contributed by atoms with van der Waals surface area (Å²) >= 11 is 0. The molecule has 6 heteroatoms. The highest BCUT2D eigenvalue weighted by Crippen LogP contribution is 2.25. The van der Waals surface area contributed by atoms with Crippen LogP contribution < -0.4 is 4.74 Å². The number of aromatic nitrogens is 1. The third-order valence-corrected chi connectivity index (χ3v) is 5.71. The minimum absolute atomic E-state index is 0.273. The maximum absolute atomic E-state index is 13.7. The van der Waals surface area contributed by atoms with E-state index in [0.717, 1.165) is 28.3 Å². The van der Waals surface area contributed by atoms with Crippen LogP contribution >= 0.6 is 0 Å². The molecule has 1 aromatic heterocycles. The second-order valence-electron chi connectivity index (χ2n) is 8.19. The van der Waals surface area contributed by atoms with Crippen molar-refractivity contribution in [3.8, 4) is 17.2 Å². The van der Waals surface area contributed by atoms with E-state index in [9.17, 15) is 9.18 Å². The van der Waals surface area contributed by atoms with Crippen LogP contribution in [0, 0.1) is 12.7 Å². The van der Waals surface area contributed by atoms with Crippen LogP contribution in [-0.2, 0) is 22.4 Å². The van der Waals surface area contributed by atoms with E-state index >= 15 is 0 Å². The molecule has 0 fully saturated rings. The van der Waals surface area contributed by atoms with Gasteiger partial charge in [0, 0.05) is 12.0 Å². The van der Waals surface area contributed by atoms with Gasteiger partial charge >= 0.3 is 5.97 Å². The average molecular weight is 474 g/mol. The number of oxazole rings is 1. The summed E-state index contributed by atoms with van der Waals surface area (Å²) in [6.07, 6.45) is 1.03. The zero-order chi connectivity index (χ0) is 24.6. The first-order valence-electron chi connectivity index (χ1n) is 11.7. The van der Waals surface area contributed by atoms with Gasteiger partial charge in [-0.1, -0.05) is 42.5 Å². The van der Waals surface area contributed by atoms with Crippen molar-refractivity contribution in [1.82, 2.24) is 4.98 Å². The van der Waals surface area contributed by atoms with E-state index in [-0.39, 0.29) is 18.4 Å². The van der Waals surface area contributed by atoms with Gasteiger partial charge in [0.15, 0.2) is 0 Å². The van der Waals surface area contributed by atoms with Gasteiger partial charge in [0.05, 0.1) is 24.8 Å². The van der Waals surface area contributed by atoms with Crippen LogP contribution in [0.5, 0.6) is 5.75 Å². The Bertz CT molecular complexity index is 1250.